The summed E-state index contributed by atoms with van der Waals surface area (Å²) in [5.74, 6) is -0.368. The normalized spacial score (nSPS) is 28.1. The van der Waals surface area contributed by atoms with Gasteiger partial charge in [0, 0.05) is 26.2 Å². The lowest BCUT2D eigenvalue weighted by atomic mass is 10.2. The number of piperazine rings is 1. The third-order valence-corrected chi connectivity index (χ3v) is 3.10. The zero-order valence-electron chi connectivity index (χ0n) is 8.56. The number of nitrogens with zero attached hydrogens (tertiary/aromatic N) is 4. The van der Waals surface area contributed by atoms with Crippen molar-refractivity contribution in [1.29, 1.82) is 0 Å². The molecule has 1 amide bonds. The Morgan fingerprint density at radius 1 is 1.40 bits per heavy atom. The van der Waals surface area contributed by atoms with E-state index in [1.807, 2.05) is 0 Å². The van der Waals surface area contributed by atoms with Crippen LogP contribution < -0.4 is 0 Å². The third kappa shape index (κ3) is 2.18. The van der Waals surface area contributed by atoms with Gasteiger partial charge in [-0.3, -0.25) is 4.79 Å². The van der Waals surface area contributed by atoms with Crippen LogP contribution in [0, 0.1) is 0 Å². The molecule has 0 aromatic rings. The number of hydrogen-bond donors (Lipinski definition) is 0. The van der Waals surface area contributed by atoms with Crippen LogP contribution in [0.15, 0.2) is 22.1 Å². The van der Waals surface area contributed by atoms with Crippen molar-refractivity contribution in [2.45, 2.75) is 5.38 Å². The molecular weight excluding hydrogens is 216 g/mol. The van der Waals surface area contributed by atoms with E-state index in [1.54, 1.807) is 6.20 Å². The third-order valence-electron chi connectivity index (χ3n) is 2.69. The summed E-state index contributed by atoms with van der Waals surface area (Å²) in [5.41, 5.74) is 0.782. The van der Waals surface area contributed by atoms with Crippen LogP contribution in [0.1, 0.15) is 0 Å². The van der Waals surface area contributed by atoms with E-state index >= 15 is 0 Å². The van der Waals surface area contributed by atoms with E-state index in [4.69, 9.17) is 11.6 Å². The minimum Gasteiger partial charge on any atom is -0.369 e. The van der Waals surface area contributed by atoms with Crippen LogP contribution in [0.2, 0.25) is 0 Å². The van der Waals surface area contributed by atoms with Gasteiger partial charge in [-0.1, -0.05) is 0 Å². The molecule has 2 aliphatic heterocycles. The zero-order chi connectivity index (χ0) is 10.8. The molecule has 0 radical (unpaired) electrons. The maximum atomic E-state index is 11.2. The van der Waals surface area contributed by atoms with Crippen molar-refractivity contribution in [2.75, 3.05) is 33.2 Å². The van der Waals surface area contributed by atoms with Crippen molar-refractivity contribution < 1.29 is 4.79 Å². The summed E-state index contributed by atoms with van der Waals surface area (Å²) < 4.78 is 0. The zero-order valence-corrected chi connectivity index (χ0v) is 9.31. The smallest absolute Gasteiger partial charge is 0.288 e. The summed E-state index contributed by atoms with van der Waals surface area (Å²) in [4.78, 5) is 15.6. The van der Waals surface area contributed by atoms with E-state index < -0.39 is 5.38 Å². The van der Waals surface area contributed by atoms with Crippen molar-refractivity contribution in [1.82, 2.24) is 9.80 Å². The van der Waals surface area contributed by atoms with Gasteiger partial charge in [0.05, 0.1) is 11.9 Å². The Morgan fingerprint density at radius 3 is 2.73 bits per heavy atom. The second kappa shape index (κ2) is 4.28. The number of alkyl halides is 1. The van der Waals surface area contributed by atoms with Gasteiger partial charge in [-0.25, -0.2) is 0 Å². The first-order valence-corrected chi connectivity index (χ1v) is 5.34. The molecule has 2 rings (SSSR count). The lowest BCUT2D eigenvalue weighted by Gasteiger charge is -2.36. The highest BCUT2D eigenvalue weighted by molar-refractivity contribution is 6.33. The summed E-state index contributed by atoms with van der Waals surface area (Å²) in [7, 11) is 2.08. The van der Waals surface area contributed by atoms with Gasteiger partial charge >= 0.3 is 0 Å². The topological polar surface area (TPSA) is 48.3 Å². The quantitative estimate of drug-likeness (QED) is 0.620. The van der Waals surface area contributed by atoms with Gasteiger partial charge in [0.1, 0.15) is 0 Å². The van der Waals surface area contributed by atoms with Gasteiger partial charge in [0.2, 0.25) is 0 Å². The number of carbonyl (C=O) groups excluding carboxylic acids is 1. The Balaban J connectivity index is 2.07. The van der Waals surface area contributed by atoms with Gasteiger partial charge in [0.25, 0.3) is 5.91 Å². The molecule has 0 aromatic heterocycles. The Bertz CT molecular complexity index is 320. The first kappa shape index (κ1) is 10.6. The molecule has 0 saturated carbocycles. The van der Waals surface area contributed by atoms with Crippen LogP contribution in [0.5, 0.6) is 0 Å². The maximum Gasteiger partial charge on any atom is 0.288 e. The van der Waals surface area contributed by atoms with Crippen LogP contribution in [0.4, 0.5) is 0 Å². The van der Waals surface area contributed by atoms with Crippen LogP contribution in [0.25, 0.3) is 0 Å². The molecule has 1 unspecified atom stereocenters. The van der Waals surface area contributed by atoms with Crippen molar-refractivity contribution in [2.24, 2.45) is 10.2 Å². The SMILES string of the molecule is CN1CCN(C2=CN=NC(=O)C2Cl)CC1. The highest BCUT2D eigenvalue weighted by Crippen LogP contribution is 2.21. The van der Waals surface area contributed by atoms with Gasteiger partial charge in [-0.2, -0.15) is 5.11 Å². The molecule has 1 fully saturated rings. The fourth-order valence-corrected chi connectivity index (χ4v) is 1.93. The predicted octanol–water partition coefficient (Wildman–Crippen LogP) is 0.675. The largest absolute Gasteiger partial charge is 0.369 e. The van der Waals surface area contributed by atoms with Crippen LogP contribution in [0.3, 0.4) is 0 Å². The van der Waals surface area contributed by atoms with E-state index in [0.717, 1.165) is 31.9 Å². The second-order valence-electron chi connectivity index (χ2n) is 3.76. The molecule has 2 heterocycles. The number of hydrogen-bond acceptors (Lipinski definition) is 4. The fourth-order valence-electron chi connectivity index (χ4n) is 1.69. The molecule has 15 heavy (non-hydrogen) atoms. The molecular formula is C9H13ClN4O. The van der Waals surface area contributed by atoms with Crippen LogP contribution in [-0.2, 0) is 4.79 Å². The summed E-state index contributed by atoms with van der Waals surface area (Å²) in [5, 5.41) is 6.41. The van der Waals surface area contributed by atoms with E-state index in [0.29, 0.717) is 0 Å². The summed E-state index contributed by atoms with van der Waals surface area (Å²) in [6.07, 6.45) is 1.59. The lowest BCUT2D eigenvalue weighted by molar-refractivity contribution is -0.117. The monoisotopic (exact) mass is 228 g/mol. The van der Waals surface area contributed by atoms with E-state index in [-0.39, 0.29) is 5.91 Å². The maximum absolute atomic E-state index is 11.2. The fraction of sp³-hybridized carbons (Fsp3) is 0.667. The predicted molar refractivity (Wildman–Crippen MR) is 56.7 cm³/mol. The van der Waals surface area contributed by atoms with Crippen LogP contribution >= 0.6 is 11.6 Å². The van der Waals surface area contributed by atoms with E-state index in [9.17, 15) is 4.79 Å². The molecule has 0 aliphatic carbocycles. The first-order valence-electron chi connectivity index (χ1n) is 4.91. The molecule has 82 valence electrons. The molecule has 5 nitrogen and oxygen atoms in total. The number of azo groups is 1. The Hall–Kier alpha value is -0.940. The summed E-state index contributed by atoms with van der Waals surface area (Å²) in [6, 6.07) is 0. The minimum absolute atomic E-state index is 0.368. The van der Waals surface area contributed by atoms with Gasteiger partial charge in [-0.05, 0) is 7.05 Å². The molecule has 0 spiro atoms. The molecule has 1 saturated heterocycles. The highest BCUT2D eigenvalue weighted by atomic mass is 35.5. The number of likely N-dealkylation sites (N-methyl/N-ethyl adjacent to an activating group) is 1. The van der Waals surface area contributed by atoms with E-state index in [2.05, 4.69) is 27.1 Å². The molecule has 1 atom stereocenters. The van der Waals surface area contributed by atoms with Crippen molar-refractivity contribution in [3.05, 3.63) is 11.9 Å². The first-order chi connectivity index (χ1) is 7.18. The molecule has 0 N–H and O–H groups in total. The average molecular weight is 229 g/mol. The van der Waals surface area contributed by atoms with Gasteiger partial charge in [0.15, 0.2) is 5.38 Å². The van der Waals surface area contributed by atoms with Crippen molar-refractivity contribution in [3.8, 4) is 0 Å². The second-order valence-corrected chi connectivity index (χ2v) is 4.20. The molecule has 6 heteroatoms. The molecule has 2 aliphatic rings. The highest BCUT2D eigenvalue weighted by Gasteiger charge is 2.28. The van der Waals surface area contributed by atoms with Crippen molar-refractivity contribution in [3.63, 3.8) is 0 Å². The van der Waals surface area contributed by atoms with Crippen LogP contribution in [-0.4, -0.2) is 54.3 Å². The summed E-state index contributed by atoms with van der Waals surface area (Å²) >= 11 is 5.98. The average Bonchev–Trinajstić information content (AvgIpc) is 2.24. The van der Waals surface area contributed by atoms with Crippen molar-refractivity contribution >= 4 is 17.5 Å². The Morgan fingerprint density at radius 2 is 2.07 bits per heavy atom. The number of halogens is 1. The number of carbonyl (C=O) groups is 1. The lowest BCUT2D eigenvalue weighted by Crippen LogP contribution is -2.46. The summed E-state index contributed by atoms with van der Waals surface area (Å²) in [6.45, 7) is 3.72. The molecule has 0 bridgehead atoms. The number of amides is 1. The standard InChI is InChI=1S/C9H13ClN4O/c1-13-2-4-14(5-3-13)7-6-11-12-9(15)8(7)10/h6,8H,2-5H2,1H3. The Labute approximate surface area is 93.4 Å². The number of rotatable bonds is 1. The van der Waals surface area contributed by atoms with E-state index in [1.165, 1.54) is 0 Å². The molecule has 0 aromatic carbocycles. The minimum atomic E-state index is -0.661. The Kier molecular flexibility index (Phi) is 3.02. The van der Waals surface area contributed by atoms with Gasteiger partial charge < -0.3 is 9.80 Å². The van der Waals surface area contributed by atoms with Gasteiger partial charge in [-0.15, -0.1) is 16.7 Å².